The molecule has 1 aliphatic rings. The summed E-state index contributed by atoms with van der Waals surface area (Å²) < 4.78 is 0. The van der Waals surface area contributed by atoms with Crippen molar-refractivity contribution in [1.29, 1.82) is 0 Å². The third-order valence-electron chi connectivity index (χ3n) is 2.34. The smallest absolute Gasteiger partial charge is 0.0178 e. The van der Waals surface area contributed by atoms with Gasteiger partial charge in [-0.1, -0.05) is 17.7 Å². The molecule has 0 amide bonds. The van der Waals surface area contributed by atoms with E-state index in [0.717, 1.165) is 6.42 Å². The standard InChI is InChI=1S/C10H18N2/c11-7-9-5-3-1-2-4-6-10(9)8-12/h3,5H,1-2,4,6-8,11-12H2. The first-order valence-corrected chi connectivity index (χ1v) is 4.66. The van der Waals surface area contributed by atoms with Gasteiger partial charge < -0.3 is 11.5 Å². The van der Waals surface area contributed by atoms with Crippen LogP contribution in [0.25, 0.3) is 0 Å². The van der Waals surface area contributed by atoms with E-state index < -0.39 is 0 Å². The van der Waals surface area contributed by atoms with Crippen molar-refractivity contribution in [3.63, 3.8) is 0 Å². The van der Waals surface area contributed by atoms with Gasteiger partial charge in [-0.3, -0.25) is 0 Å². The topological polar surface area (TPSA) is 52.0 Å². The molecule has 0 unspecified atom stereocenters. The number of allylic oxidation sites excluding steroid dienone is 1. The monoisotopic (exact) mass is 166 g/mol. The molecule has 2 nitrogen and oxygen atoms in total. The third-order valence-corrected chi connectivity index (χ3v) is 2.34. The second-order valence-corrected chi connectivity index (χ2v) is 3.19. The van der Waals surface area contributed by atoms with Crippen molar-refractivity contribution >= 4 is 0 Å². The van der Waals surface area contributed by atoms with E-state index in [9.17, 15) is 0 Å². The highest BCUT2D eigenvalue weighted by Gasteiger charge is 2.03. The van der Waals surface area contributed by atoms with Gasteiger partial charge in [0.15, 0.2) is 0 Å². The van der Waals surface area contributed by atoms with Crippen molar-refractivity contribution in [2.75, 3.05) is 13.1 Å². The van der Waals surface area contributed by atoms with Crippen molar-refractivity contribution in [1.82, 2.24) is 0 Å². The second-order valence-electron chi connectivity index (χ2n) is 3.19. The summed E-state index contributed by atoms with van der Waals surface area (Å²) in [4.78, 5) is 0. The van der Waals surface area contributed by atoms with E-state index in [2.05, 4.69) is 12.2 Å². The molecule has 4 N–H and O–H groups in total. The minimum absolute atomic E-state index is 0.628. The quantitative estimate of drug-likeness (QED) is 0.650. The van der Waals surface area contributed by atoms with Gasteiger partial charge in [-0.15, -0.1) is 0 Å². The van der Waals surface area contributed by atoms with E-state index in [4.69, 9.17) is 11.5 Å². The van der Waals surface area contributed by atoms with E-state index in [-0.39, 0.29) is 0 Å². The maximum Gasteiger partial charge on any atom is 0.0178 e. The van der Waals surface area contributed by atoms with Crippen LogP contribution in [-0.4, -0.2) is 13.1 Å². The molecule has 0 radical (unpaired) electrons. The van der Waals surface area contributed by atoms with Crippen LogP contribution in [-0.2, 0) is 0 Å². The Bertz CT molecular complexity index is 192. The van der Waals surface area contributed by atoms with Crippen LogP contribution in [0.5, 0.6) is 0 Å². The van der Waals surface area contributed by atoms with Crippen molar-refractivity contribution in [2.45, 2.75) is 25.7 Å². The number of hydrogen-bond donors (Lipinski definition) is 2. The molecule has 2 heteroatoms. The maximum atomic E-state index is 5.64. The molecule has 0 aromatic heterocycles. The minimum Gasteiger partial charge on any atom is -0.327 e. The van der Waals surface area contributed by atoms with Gasteiger partial charge in [0.2, 0.25) is 0 Å². The molecule has 0 saturated carbocycles. The zero-order valence-electron chi connectivity index (χ0n) is 7.55. The summed E-state index contributed by atoms with van der Waals surface area (Å²) in [6.07, 6.45) is 9.19. The van der Waals surface area contributed by atoms with Crippen LogP contribution in [0.4, 0.5) is 0 Å². The first-order valence-electron chi connectivity index (χ1n) is 4.66. The van der Waals surface area contributed by atoms with Gasteiger partial charge in [-0.05, 0) is 31.3 Å². The summed E-state index contributed by atoms with van der Waals surface area (Å²) in [5.41, 5.74) is 13.9. The van der Waals surface area contributed by atoms with Crippen molar-refractivity contribution in [2.24, 2.45) is 11.5 Å². The van der Waals surface area contributed by atoms with Crippen LogP contribution < -0.4 is 11.5 Å². The fourth-order valence-electron chi connectivity index (χ4n) is 1.55. The van der Waals surface area contributed by atoms with Crippen LogP contribution >= 0.6 is 0 Å². The highest BCUT2D eigenvalue weighted by Crippen LogP contribution is 2.16. The van der Waals surface area contributed by atoms with E-state index in [0.29, 0.717) is 13.1 Å². The lowest BCUT2D eigenvalue weighted by Gasteiger charge is -2.11. The second kappa shape index (κ2) is 5.12. The van der Waals surface area contributed by atoms with Gasteiger partial charge in [0, 0.05) is 13.1 Å². The van der Waals surface area contributed by atoms with Crippen LogP contribution in [0, 0.1) is 0 Å². The minimum atomic E-state index is 0.628. The van der Waals surface area contributed by atoms with Gasteiger partial charge in [0.05, 0.1) is 0 Å². The number of nitrogens with two attached hydrogens (primary N) is 2. The molecular weight excluding hydrogens is 148 g/mol. The Morgan fingerprint density at radius 1 is 1.17 bits per heavy atom. The number of hydrogen-bond acceptors (Lipinski definition) is 2. The molecular formula is C10H18N2. The Balaban J connectivity index is 2.76. The number of rotatable bonds is 2. The lowest BCUT2D eigenvalue weighted by molar-refractivity contribution is 0.721. The molecule has 12 heavy (non-hydrogen) atoms. The molecule has 0 saturated heterocycles. The molecule has 0 aromatic carbocycles. The van der Waals surface area contributed by atoms with Crippen molar-refractivity contribution in [3.05, 3.63) is 23.3 Å². The van der Waals surface area contributed by atoms with Crippen LogP contribution in [0.3, 0.4) is 0 Å². The van der Waals surface area contributed by atoms with Gasteiger partial charge in [0.1, 0.15) is 0 Å². The van der Waals surface area contributed by atoms with Crippen LogP contribution in [0.1, 0.15) is 25.7 Å². The Labute approximate surface area is 74.3 Å². The molecule has 0 aromatic rings. The fourth-order valence-corrected chi connectivity index (χ4v) is 1.55. The summed E-state index contributed by atoms with van der Waals surface area (Å²) in [5.74, 6) is 0. The largest absolute Gasteiger partial charge is 0.327 e. The van der Waals surface area contributed by atoms with E-state index in [1.165, 1.54) is 30.4 Å². The lowest BCUT2D eigenvalue weighted by Crippen LogP contribution is -2.12. The van der Waals surface area contributed by atoms with Crippen LogP contribution in [0.15, 0.2) is 23.3 Å². The van der Waals surface area contributed by atoms with Gasteiger partial charge in [0.25, 0.3) is 0 Å². The first kappa shape index (κ1) is 9.49. The average molecular weight is 166 g/mol. The highest BCUT2D eigenvalue weighted by atomic mass is 14.6. The van der Waals surface area contributed by atoms with E-state index in [1.807, 2.05) is 0 Å². The summed E-state index contributed by atoms with van der Waals surface area (Å²) in [5, 5.41) is 0. The zero-order valence-corrected chi connectivity index (χ0v) is 7.55. The molecule has 0 atom stereocenters. The summed E-state index contributed by atoms with van der Waals surface area (Å²) in [6.45, 7) is 1.29. The summed E-state index contributed by atoms with van der Waals surface area (Å²) >= 11 is 0. The Hall–Kier alpha value is -0.600. The molecule has 1 aliphatic carbocycles. The van der Waals surface area contributed by atoms with Crippen LogP contribution in [0.2, 0.25) is 0 Å². The molecule has 0 fully saturated rings. The Kier molecular flexibility index (Phi) is 4.05. The highest BCUT2D eigenvalue weighted by molar-refractivity contribution is 5.28. The molecule has 0 bridgehead atoms. The predicted molar refractivity (Wildman–Crippen MR) is 52.7 cm³/mol. The van der Waals surface area contributed by atoms with E-state index >= 15 is 0 Å². The summed E-state index contributed by atoms with van der Waals surface area (Å²) in [6, 6.07) is 0. The normalized spacial score (nSPS) is 19.2. The zero-order chi connectivity index (χ0) is 8.81. The Morgan fingerprint density at radius 3 is 2.67 bits per heavy atom. The van der Waals surface area contributed by atoms with Gasteiger partial charge in [-0.25, -0.2) is 0 Å². The first-order chi connectivity index (χ1) is 5.88. The predicted octanol–water partition coefficient (Wildman–Crippen LogP) is 1.33. The van der Waals surface area contributed by atoms with Crippen molar-refractivity contribution < 1.29 is 0 Å². The summed E-state index contributed by atoms with van der Waals surface area (Å²) in [7, 11) is 0. The van der Waals surface area contributed by atoms with Crippen molar-refractivity contribution in [3.8, 4) is 0 Å². The lowest BCUT2D eigenvalue weighted by atomic mass is 9.98. The molecule has 0 heterocycles. The van der Waals surface area contributed by atoms with E-state index in [1.54, 1.807) is 0 Å². The third kappa shape index (κ3) is 2.47. The maximum absolute atomic E-state index is 5.64. The molecule has 1 rings (SSSR count). The fraction of sp³-hybridized carbons (Fsp3) is 0.600. The molecule has 68 valence electrons. The van der Waals surface area contributed by atoms with Gasteiger partial charge in [-0.2, -0.15) is 0 Å². The average Bonchev–Trinajstić information content (AvgIpc) is 2.05. The molecule has 0 spiro atoms. The molecule has 0 aliphatic heterocycles. The SMILES string of the molecule is NCC1=C(CN)CCCCC=C1. The van der Waals surface area contributed by atoms with Gasteiger partial charge >= 0.3 is 0 Å². The Morgan fingerprint density at radius 2 is 2.00 bits per heavy atom.